The lowest BCUT2D eigenvalue weighted by Gasteiger charge is -2.07. The number of hydroxylamine groups is 1. The van der Waals surface area contributed by atoms with Gasteiger partial charge in [-0.2, -0.15) is 0 Å². The Morgan fingerprint density at radius 2 is 2.04 bits per heavy atom. The van der Waals surface area contributed by atoms with Gasteiger partial charge in [-0.15, -0.1) is 0 Å². The van der Waals surface area contributed by atoms with Crippen LogP contribution in [0.3, 0.4) is 0 Å². The number of halogens is 1. The number of rotatable bonds is 6. The normalized spacial score (nSPS) is 10.9. The summed E-state index contributed by atoms with van der Waals surface area (Å²) in [5, 5.41) is 8.42. The number of hydrogen-bond acceptors (Lipinski definition) is 3. The molecule has 0 aliphatic carbocycles. The maximum absolute atomic E-state index is 13.5. The second-order valence-corrected chi connectivity index (χ2v) is 4.97. The molecule has 1 aromatic carbocycles. The average Bonchev–Trinajstić information content (AvgIpc) is 2.56. The first kappa shape index (κ1) is 16.6. The highest BCUT2D eigenvalue weighted by atomic mass is 19.1. The van der Waals surface area contributed by atoms with Crippen LogP contribution in [0.25, 0.3) is 6.08 Å². The van der Waals surface area contributed by atoms with Crippen molar-refractivity contribution in [3.63, 3.8) is 0 Å². The number of aromatic nitrogens is 1. The fourth-order valence-corrected chi connectivity index (χ4v) is 2.20. The minimum atomic E-state index is -0.709. The van der Waals surface area contributed by atoms with Crippen LogP contribution in [0.2, 0.25) is 0 Å². The predicted octanol–water partition coefficient (Wildman–Crippen LogP) is 2.14. The zero-order valence-corrected chi connectivity index (χ0v) is 12.4. The van der Waals surface area contributed by atoms with Crippen LogP contribution in [0.1, 0.15) is 17.5 Å². The summed E-state index contributed by atoms with van der Waals surface area (Å²) in [6.07, 6.45) is 5.20. The minimum Gasteiger partial charge on any atom is -0.315 e. The molecular formula is C17H17FN2O3. The fourth-order valence-electron chi connectivity index (χ4n) is 2.20. The van der Waals surface area contributed by atoms with Crippen LogP contribution in [0, 0.1) is 5.82 Å². The number of carbonyl (C=O) groups excluding carboxylic acids is 1. The molecule has 0 unspecified atom stereocenters. The summed E-state index contributed by atoms with van der Waals surface area (Å²) in [5.41, 5.74) is 2.17. The molecule has 120 valence electrons. The maximum atomic E-state index is 13.5. The SMILES string of the molecule is O=C(/C=C/c1cccn(CCCc2ccccc2F)c1=O)NO. The quantitative estimate of drug-likeness (QED) is 0.487. The molecule has 0 atom stereocenters. The molecule has 0 saturated heterocycles. The van der Waals surface area contributed by atoms with Crippen molar-refractivity contribution in [1.82, 2.24) is 10.0 Å². The van der Waals surface area contributed by atoms with Crippen molar-refractivity contribution < 1.29 is 14.4 Å². The standard InChI is InChI=1S/C17H17FN2O3/c18-15-8-2-1-5-13(15)6-3-11-20-12-4-7-14(17(20)22)9-10-16(21)19-23/h1-2,4-5,7-10,12,23H,3,6,11H2,(H,19,21)/b10-9+. The van der Waals surface area contributed by atoms with Gasteiger partial charge in [-0.3, -0.25) is 14.8 Å². The summed E-state index contributed by atoms with van der Waals surface area (Å²) < 4.78 is 15.0. The van der Waals surface area contributed by atoms with Gasteiger partial charge in [0.15, 0.2) is 0 Å². The monoisotopic (exact) mass is 316 g/mol. The summed E-state index contributed by atoms with van der Waals surface area (Å²) in [6, 6.07) is 9.84. The number of aryl methyl sites for hydroxylation is 2. The summed E-state index contributed by atoms with van der Waals surface area (Å²) in [7, 11) is 0. The Kier molecular flexibility index (Phi) is 5.82. The van der Waals surface area contributed by atoms with E-state index in [0.29, 0.717) is 30.5 Å². The summed E-state index contributed by atoms with van der Waals surface area (Å²) in [5.74, 6) is -0.953. The van der Waals surface area contributed by atoms with E-state index in [1.54, 1.807) is 36.5 Å². The van der Waals surface area contributed by atoms with E-state index in [2.05, 4.69) is 0 Å². The molecule has 0 saturated carbocycles. The number of nitrogens with zero attached hydrogens (tertiary/aromatic N) is 1. The molecule has 5 nitrogen and oxygen atoms in total. The highest BCUT2D eigenvalue weighted by Gasteiger charge is 2.03. The maximum Gasteiger partial charge on any atom is 0.267 e. The average molecular weight is 316 g/mol. The van der Waals surface area contributed by atoms with E-state index >= 15 is 0 Å². The Bertz CT molecular complexity index is 768. The molecule has 0 spiro atoms. The minimum absolute atomic E-state index is 0.244. The second kappa shape index (κ2) is 8.05. The Morgan fingerprint density at radius 3 is 2.78 bits per heavy atom. The highest BCUT2D eigenvalue weighted by Crippen LogP contribution is 2.09. The predicted molar refractivity (Wildman–Crippen MR) is 84.4 cm³/mol. The molecule has 0 fully saturated rings. The van der Waals surface area contributed by atoms with Crippen LogP contribution in [-0.4, -0.2) is 15.7 Å². The van der Waals surface area contributed by atoms with Gasteiger partial charge in [0.1, 0.15) is 5.82 Å². The van der Waals surface area contributed by atoms with Gasteiger partial charge >= 0.3 is 0 Å². The Labute approximate surface area is 132 Å². The number of pyridine rings is 1. The van der Waals surface area contributed by atoms with Crippen molar-refractivity contribution in [3.8, 4) is 0 Å². The van der Waals surface area contributed by atoms with Crippen molar-refractivity contribution in [3.05, 3.63) is 76.0 Å². The summed E-state index contributed by atoms with van der Waals surface area (Å²) in [6.45, 7) is 0.445. The van der Waals surface area contributed by atoms with Crippen LogP contribution in [0.5, 0.6) is 0 Å². The van der Waals surface area contributed by atoms with Crippen LogP contribution < -0.4 is 11.0 Å². The van der Waals surface area contributed by atoms with Gasteiger partial charge in [0.25, 0.3) is 11.5 Å². The lowest BCUT2D eigenvalue weighted by atomic mass is 10.1. The molecule has 2 rings (SSSR count). The molecule has 1 aromatic heterocycles. The molecule has 1 heterocycles. The molecule has 2 aromatic rings. The van der Waals surface area contributed by atoms with E-state index in [1.165, 1.54) is 22.2 Å². The first-order valence-electron chi connectivity index (χ1n) is 7.17. The number of carbonyl (C=O) groups is 1. The van der Waals surface area contributed by atoms with E-state index in [9.17, 15) is 14.0 Å². The molecule has 6 heteroatoms. The van der Waals surface area contributed by atoms with Crippen LogP contribution in [0.15, 0.2) is 53.5 Å². The molecule has 2 N–H and O–H groups in total. The van der Waals surface area contributed by atoms with E-state index in [1.807, 2.05) is 0 Å². The van der Waals surface area contributed by atoms with Gasteiger partial charge < -0.3 is 4.57 Å². The van der Waals surface area contributed by atoms with E-state index in [4.69, 9.17) is 5.21 Å². The lowest BCUT2D eigenvalue weighted by Crippen LogP contribution is -2.22. The molecular weight excluding hydrogens is 299 g/mol. The highest BCUT2D eigenvalue weighted by molar-refractivity contribution is 5.90. The first-order chi connectivity index (χ1) is 11.1. The number of hydrogen-bond donors (Lipinski definition) is 2. The third-order valence-electron chi connectivity index (χ3n) is 3.38. The van der Waals surface area contributed by atoms with Gasteiger partial charge in [0.2, 0.25) is 0 Å². The zero-order chi connectivity index (χ0) is 16.7. The fraction of sp³-hybridized carbons (Fsp3) is 0.176. The van der Waals surface area contributed by atoms with Crippen LogP contribution in [-0.2, 0) is 17.8 Å². The Balaban J connectivity index is 2.04. The van der Waals surface area contributed by atoms with E-state index < -0.39 is 5.91 Å². The van der Waals surface area contributed by atoms with Gasteiger partial charge in [-0.1, -0.05) is 18.2 Å². The third kappa shape index (κ3) is 4.62. The van der Waals surface area contributed by atoms with Crippen LogP contribution >= 0.6 is 0 Å². The largest absolute Gasteiger partial charge is 0.315 e. The topological polar surface area (TPSA) is 71.3 Å². The smallest absolute Gasteiger partial charge is 0.267 e. The molecule has 0 bridgehead atoms. The summed E-state index contributed by atoms with van der Waals surface area (Å²) >= 11 is 0. The molecule has 23 heavy (non-hydrogen) atoms. The number of amides is 1. The molecule has 0 aliphatic rings. The van der Waals surface area contributed by atoms with Crippen molar-refractivity contribution >= 4 is 12.0 Å². The van der Waals surface area contributed by atoms with Gasteiger partial charge in [-0.25, -0.2) is 9.87 Å². The molecule has 1 amide bonds. The number of nitrogens with one attached hydrogen (secondary N) is 1. The van der Waals surface area contributed by atoms with E-state index in [-0.39, 0.29) is 11.4 Å². The van der Waals surface area contributed by atoms with Gasteiger partial charge in [0.05, 0.1) is 0 Å². The van der Waals surface area contributed by atoms with E-state index in [0.717, 1.165) is 6.08 Å². The molecule has 0 radical (unpaired) electrons. The zero-order valence-electron chi connectivity index (χ0n) is 12.4. The number of benzene rings is 1. The van der Waals surface area contributed by atoms with Crippen molar-refractivity contribution in [1.29, 1.82) is 0 Å². The first-order valence-corrected chi connectivity index (χ1v) is 7.17. The Hall–Kier alpha value is -2.73. The van der Waals surface area contributed by atoms with Crippen molar-refractivity contribution in [2.45, 2.75) is 19.4 Å². The van der Waals surface area contributed by atoms with Crippen molar-refractivity contribution in [2.24, 2.45) is 0 Å². The third-order valence-corrected chi connectivity index (χ3v) is 3.38. The van der Waals surface area contributed by atoms with Crippen molar-refractivity contribution in [2.75, 3.05) is 0 Å². The lowest BCUT2D eigenvalue weighted by molar-refractivity contribution is -0.124. The Morgan fingerprint density at radius 1 is 1.26 bits per heavy atom. The second-order valence-electron chi connectivity index (χ2n) is 4.97. The van der Waals surface area contributed by atoms with Gasteiger partial charge in [-0.05, 0) is 42.7 Å². The molecule has 0 aliphatic heterocycles. The summed E-state index contributed by atoms with van der Waals surface area (Å²) in [4.78, 5) is 23.2. The van der Waals surface area contributed by atoms with Gasteiger partial charge in [0, 0.05) is 24.4 Å². The van der Waals surface area contributed by atoms with Crippen LogP contribution in [0.4, 0.5) is 4.39 Å².